The summed E-state index contributed by atoms with van der Waals surface area (Å²) in [6, 6.07) is 9.79. The molecule has 0 aliphatic heterocycles. The molecule has 2 rings (SSSR count). The molecule has 3 N–H and O–H groups in total. The number of nitrogen functional groups attached to an aromatic ring is 1. The first kappa shape index (κ1) is 13.6. The molecule has 0 fully saturated rings. The fourth-order valence-corrected chi connectivity index (χ4v) is 3.71. The highest BCUT2D eigenvalue weighted by Gasteiger charge is 2.20. The van der Waals surface area contributed by atoms with Gasteiger partial charge < -0.3 is 11.1 Å². The van der Waals surface area contributed by atoms with Crippen LogP contribution in [0.4, 0.5) is 11.4 Å². The van der Waals surface area contributed by atoms with Gasteiger partial charge in [0.05, 0.1) is 11.4 Å². The summed E-state index contributed by atoms with van der Waals surface area (Å²) >= 11 is 1.09. The van der Waals surface area contributed by atoms with Crippen LogP contribution in [-0.2, 0) is 14.6 Å². The molecule has 2 aromatic rings. The Morgan fingerprint density at radius 2 is 1.95 bits per heavy atom. The van der Waals surface area contributed by atoms with Crippen molar-refractivity contribution >= 4 is 38.5 Å². The van der Waals surface area contributed by atoms with Gasteiger partial charge in [-0.25, -0.2) is 8.42 Å². The Morgan fingerprint density at radius 3 is 2.58 bits per heavy atom. The van der Waals surface area contributed by atoms with Crippen LogP contribution in [0, 0.1) is 0 Å². The largest absolute Gasteiger partial charge is 0.397 e. The molecule has 0 atom stereocenters. The van der Waals surface area contributed by atoms with E-state index >= 15 is 0 Å². The molecule has 1 aromatic carbocycles. The summed E-state index contributed by atoms with van der Waals surface area (Å²) in [6.07, 6.45) is 0. The minimum atomic E-state index is -3.58. The predicted octanol–water partition coefficient (Wildman–Crippen LogP) is 1.74. The second-order valence-corrected chi connectivity index (χ2v) is 6.99. The van der Waals surface area contributed by atoms with Gasteiger partial charge in [0.1, 0.15) is 9.96 Å². The van der Waals surface area contributed by atoms with Gasteiger partial charge >= 0.3 is 0 Å². The van der Waals surface area contributed by atoms with Crippen molar-refractivity contribution in [1.82, 2.24) is 0 Å². The zero-order valence-corrected chi connectivity index (χ0v) is 11.5. The maximum atomic E-state index is 11.9. The molecule has 5 nitrogen and oxygen atoms in total. The van der Waals surface area contributed by atoms with E-state index in [9.17, 15) is 13.2 Å². The number of sulfone groups is 1. The highest BCUT2D eigenvalue weighted by molar-refractivity contribution is 7.94. The Hall–Kier alpha value is -1.86. The quantitative estimate of drug-likeness (QED) is 0.841. The van der Waals surface area contributed by atoms with E-state index in [4.69, 9.17) is 5.73 Å². The Bertz CT molecular complexity index is 679. The van der Waals surface area contributed by atoms with Gasteiger partial charge in [-0.3, -0.25) is 4.79 Å². The van der Waals surface area contributed by atoms with Crippen LogP contribution in [0.5, 0.6) is 0 Å². The molecule has 0 aliphatic carbocycles. The van der Waals surface area contributed by atoms with Gasteiger partial charge in [0.25, 0.3) is 0 Å². The van der Waals surface area contributed by atoms with Crippen LogP contribution in [-0.4, -0.2) is 20.1 Å². The van der Waals surface area contributed by atoms with Gasteiger partial charge in [0.15, 0.2) is 9.84 Å². The second-order valence-electron chi connectivity index (χ2n) is 3.83. The fourth-order valence-electron chi connectivity index (χ4n) is 1.48. The highest BCUT2D eigenvalue weighted by atomic mass is 32.2. The minimum absolute atomic E-state index is 0.184. The molecule has 7 heteroatoms. The number of thiophene rings is 1. The molecule has 1 heterocycles. The zero-order valence-electron chi connectivity index (χ0n) is 9.87. The minimum Gasteiger partial charge on any atom is -0.397 e. The number of rotatable bonds is 4. The van der Waals surface area contributed by atoms with E-state index in [0.29, 0.717) is 11.4 Å². The van der Waals surface area contributed by atoms with Crippen LogP contribution in [0.2, 0.25) is 0 Å². The summed E-state index contributed by atoms with van der Waals surface area (Å²) in [5, 5.41) is 4.14. The average Bonchev–Trinajstić information content (AvgIpc) is 2.85. The van der Waals surface area contributed by atoms with E-state index in [-0.39, 0.29) is 4.21 Å². The Morgan fingerprint density at radius 1 is 1.21 bits per heavy atom. The third-order valence-corrected chi connectivity index (χ3v) is 5.46. The highest BCUT2D eigenvalue weighted by Crippen LogP contribution is 2.19. The maximum absolute atomic E-state index is 11.9. The Kier molecular flexibility index (Phi) is 3.87. The molecule has 0 unspecified atom stereocenters. The van der Waals surface area contributed by atoms with Gasteiger partial charge in [-0.2, -0.15) is 0 Å². The normalized spacial score (nSPS) is 11.2. The van der Waals surface area contributed by atoms with Crippen molar-refractivity contribution < 1.29 is 13.2 Å². The van der Waals surface area contributed by atoms with Gasteiger partial charge in [-0.05, 0) is 23.6 Å². The molecule has 0 spiro atoms. The summed E-state index contributed by atoms with van der Waals surface area (Å²) in [5.74, 6) is -1.20. The zero-order chi connectivity index (χ0) is 13.9. The second kappa shape index (κ2) is 5.41. The van der Waals surface area contributed by atoms with Gasteiger partial charge in [-0.1, -0.05) is 18.2 Å². The lowest BCUT2D eigenvalue weighted by Gasteiger charge is -2.07. The molecule has 0 saturated carbocycles. The molecule has 100 valence electrons. The number of carbonyl (C=O) groups is 1. The number of amides is 1. The summed E-state index contributed by atoms with van der Waals surface area (Å²) in [5.41, 5.74) is 6.47. The number of para-hydroxylation sites is 2. The first-order chi connectivity index (χ1) is 8.99. The number of hydrogen-bond donors (Lipinski definition) is 2. The van der Waals surface area contributed by atoms with Crippen LogP contribution in [0.3, 0.4) is 0 Å². The standard InChI is InChI=1S/C12H12N2O3S2/c13-9-4-1-2-5-10(9)14-11(15)8-19(16,17)12-6-3-7-18-12/h1-7H,8,13H2,(H,14,15). The number of hydrogen-bond acceptors (Lipinski definition) is 5. The molecule has 0 bridgehead atoms. The van der Waals surface area contributed by atoms with Gasteiger partial charge in [-0.15, -0.1) is 11.3 Å². The van der Waals surface area contributed by atoms with Crippen molar-refractivity contribution in [3.05, 3.63) is 41.8 Å². The van der Waals surface area contributed by atoms with Gasteiger partial charge in [0.2, 0.25) is 5.91 Å². The van der Waals surface area contributed by atoms with E-state index in [1.54, 1.807) is 35.7 Å². The average molecular weight is 296 g/mol. The van der Waals surface area contributed by atoms with E-state index in [1.807, 2.05) is 0 Å². The summed E-state index contributed by atoms with van der Waals surface area (Å²) in [6.45, 7) is 0. The Balaban J connectivity index is 2.09. The van der Waals surface area contributed by atoms with E-state index in [0.717, 1.165) is 11.3 Å². The Labute approximate surface area is 115 Å². The van der Waals surface area contributed by atoms with Crippen molar-refractivity contribution in [3.8, 4) is 0 Å². The molecular weight excluding hydrogens is 284 g/mol. The van der Waals surface area contributed by atoms with Crippen molar-refractivity contribution in [2.75, 3.05) is 16.8 Å². The predicted molar refractivity (Wildman–Crippen MR) is 75.9 cm³/mol. The molecule has 1 aromatic heterocycles. The lowest BCUT2D eigenvalue weighted by molar-refractivity contribution is -0.113. The first-order valence-corrected chi connectivity index (χ1v) is 7.93. The number of anilines is 2. The maximum Gasteiger partial charge on any atom is 0.240 e. The monoisotopic (exact) mass is 296 g/mol. The lowest BCUT2D eigenvalue weighted by atomic mass is 10.3. The summed E-state index contributed by atoms with van der Waals surface area (Å²) in [4.78, 5) is 11.7. The lowest BCUT2D eigenvalue weighted by Crippen LogP contribution is -2.23. The molecule has 19 heavy (non-hydrogen) atoms. The van der Waals surface area contributed by atoms with Gasteiger partial charge in [0, 0.05) is 0 Å². The van der Waals surface area contributed by atoms with Crippen LogP contribution >= 0.6 is 11.3 Å². The van der Waals surface area contributed by atoms with Crippen molar-refractivity contribution in [3.63, 3.8) is 0 Å². The molecule has 0 saturated heterocycles. The van der Waals surface area contributed by atoms with Crippen LogP contribution in [0.15, 0.2) is 46.0 Å². The molecule has 0 radical (unpaired) electrons. The molecule has 1 amide bonds. The number of benzene rings is 1. The number of nitrogens with two attached hydrogens (primary N) is 1. The van der Waals surface area contributed by atoms with Crippen molar-refractivity contribution in [2.24, 2.45) is 0 Å². The van der Waals surface area contributed by atoms with Crippen LogP contribution in [0.25, 0.3) is 0 Å². The first-order valence-electron chi connectivity index (χ1n) is 5.40. The van der Waals surface area contributed by atoms with Crippen LogP contribution < -0.4 is 11.1 Å². The third-order valence-electron chi connectivity index (χ3n) is 2.36. The molecular formula is C12H12N2O3S2. The summed E-state index contributed by atoms with van der Waals surface area (Å²) < 4.78 is 24.0. The number of nitrogens with one attached hydrogen (secondary N) is 1. The van der Waals surface area contributed by atoms with Crippen molar-refractivity contribution in [2.45, 2.75) is 4.21 Å². The van der Waals surface area contributed by atoms with Crippen LogP contribution in [0.1, 0.15) is 0 Å². The smallest absolute Gasteiger partial charge is 0.240 e. The topological polar surface area (TPSA) is 89.3 Å². The van der Waals surface area contributed by atoms with Crippen molar-refractivity contribution in [1.29, 1.82) is 0 Å². The van der Waals surface area contributed by atoms with E-state index < -0.39 is 21.5 Å². The fraction of sp³-hybridized carbons (Fsp3) is 0.0833. The SMILES string of the molecule is Nc1ccccc1NC(=O)CS(=O)(=O)c1cccs1. The number of carbonyl (C=O) groups excluding carboxylic acids is 1. The van der Waals surface area contributed by atoms with E-state index in [2.05, 4.69) is 5.32 Å². The van der Waals surface area contributed by atoms with E-state index in [1.165, 1.54) is 6.07 Å². The molecule has 0 aliphatic rings. The third kappa shape index (κ3) is 3.33. The summed E-state index contributed by atoms with van der Waals surface area (Å²) in [7, 11) is -3.58.